The molecular formula is C12H17NO2S. The second-order valence-corrected chi connectivity index (χ2v) is 4.85. The number of amides is 1. The van der Waals surface area contributed by atoms with E-state index < -0.39 is 0 Å². The van der Waals surface area contributed by atoms with Crippen molar-refractivity contribution in [2.24, 2.45) is 0 Å². The molecular weight excluding hydrogens is 222 g/mol. The molecule has 0 heterocycles. The van der Waals surface area contributed by atoms with Crippen LogP contribution in [0.15, 0.2) is 18.2 Å². The summed E-state index contributed by atoms with van der Waals surface area (Å²) in [5, 5.41) is 11.8. The Bertz CT molecular complexity index is 379. The molecule has 3 nitrogen and oxygen atoms in total. The second kappa shape index (κ2) is 5.92. The van der Waals surface area contributed by atoms with Crippen molar-refractivity contribution >= 4 is 23.4 Å². The normalized spacial score (nSPS) is 12.2. The monoisotopic (exact) mass is 239 g/mol. The fourth-order valence-electron chi connectivity index (χ4n) is 1.24. The predicted molar refractivity (Wildman–Crippen MR) is 68.7 cm³/mol. The van der Waals surface area contributed by atoms with Gasteiger partial charge in [0, 0.05) is 5.69 Å². The maximum Gasteiger partial charge on any atom is 0.237 e. The van der Waals surface area contributed by atoms with Gasteiger partial charge in [-0.15, -0.1) is 0 Å². The standard InChI is InChI=1S/C12H17NO2S/c1-8-4-5-10(7-14)6-11(8)13-12(15)9(2)16-3/h4-6,9,14H,7H2,1-3H3,(H,13,15). The number of aliphatic hydroxyl groups is 1. The largest absolute Gasteiger partial charge is 0.392 e. The van der Waals surface area contributed by atoms with Crippen molar-refractivity contribution in [2.75, 3.05) is 11.6 Å². The average Bonchev–Trinajstić information content (AvgIpc) is 2.30. The van der Waals surface area contributed by atoms with Gasteiger partial charge in [0.25, 0.3) is 0 Å². The van der Waals surface area contributed by atoms with Gasteiger partial charge in [0.1, 0.15) is 0 Å². The molecule has 1 atom stereocenters. The molecule has 0 saturated carbocycles. The van der Waals surface area contributed by atoms with Gasteiger partial charge in [-0.2, -0.15) is 11.8 Å². The van der Waals surface area contributed by atoms with Crippen LogP contribution < -0.4 is 5.32 Å². The molecule has 0 radical (unpaired) electrons. The molecule has 0 aliphatic heterocycles. The third-order valence-electron chi connectivity index (χ3n) is 2.47. The lowest BCUT2D eigenvalue weighted by Crippen LogP contribution is -2.22. The molecule has 1 aromatic carbocycles. The summed E-state index contributed by atoms with van der Waals surface area (Å²) in [6, 6.07) is 5.55. The molecule has 4 heteroatoms. The molecule has 88 valence electrons. The van der Waals surface area contributed by atoms with E-state index >= 15 is 0 Å². The smallest absolute Gasteiger partial charge is 0.237 e. The molecule has 16 heavy (non-hydrogen) atoms. The highest BCUT2D eigenvalue weighted by Gasteiger charge is 2.12. The minimum atomic E-state index is -0.0721. The van der Waals surface area contributed by atoms with E-state index in [1.807, 2.05) is 32.2 Å². The van der Waals surface area contributed by atoms with Crippen LogP contribution in [-0.2, 0) is 11.4 Å². The SMILES string of the molecule is CSC(C)C(=O)Nc1cc(CO)ccc1C. The molecule has 1 rings (SSSR count). The molecule has 0 aliphatic rings. The number of hydrogen-bond acceptors (Lipinski definition) is 3. The lowest BCUT2D eigenvalue weighted by atomic mass is 10.1. The van der Waals surface area contributed by atoms with E-state index in [9.17, 15) is 4.79 Å². The number of rotatable bonds is 4. The molecule has 0 aliphatic carbocycles. The fraction of sp³-hybridized carbons (Fsp3) is 0.417. The van der Waals surface area contributed by atoms with Gasteiger partial charge in [-0.05, 0) is 37.3 Å². The summed E-state index contributed by atoms with van der Waals surface area (Å²) in [6.07, 6.45) is 1.90. The van der Waals surface area contributed by atoms with Crippen LogP contribution in [0.1, 0.15) is 18.1 Å². The maximum atomic E-state index is 11.7. The van der Waals surface area contributed by atoms with Gasteiger partial charge in [0.2, 0.25) is 5.91 Å². The topological polar surface area (TPSA) is 49.3 Å². The summed E-state index contributed by atoms with van der Waals surface area (Å²) in [5.41, 5.74) is 2.58. The Morgan fingerprint density at radius 3 is 2.81 bits per heavy atom. The molecule has 1 aromatic rings. The number of aryl methyl sites for hydroxylation is 1. The van der Waals surface area contributed by atoms with Gasteiger partial charge in [0.15, 0.2) is 0 Å². The van der Waals surface area contributed by atoms with Crippen LogP contribution in [0.2, 0.25) is 0 Å². The zero-order chi connectivity index (χ0) is 12.1. The molecule has 1 amide bonds. The van der Waals surface area contributed by atoms with Crippen LogP contribution in [0.4, 0.5) is 5.69 Å². The lowest BCUT2D eigenvalue weighted by molar-refractivity contribution is -0.115. The third-order valence-corrected chi connectivity index (χ3v) is 3.39. The number of aliphatic hydroxyl groups excluding tert-OH is 1. The van der Waals surface area contributed by atoms with Gasteiger partial charge < -0.3 is 10.4 Å². The first kappa shape index (κ1) is 13.1. The number of nitrogens with one attached hydrogen (secondary N) is 1. The van der Waals surface area contributed by atoms with Crippen LogP contribution in [0.5, 0.6) is 0 Å². The molecule has 0 aromatic heterocycles. The van der Waals surface area contributed by atoms with E-state index in [2.05, 4.69) is 5.32 Å². The molecule has 0 saturated heterocycles. The minimum absolute atomic E-state index is 0.00862. The summed E-state index contributed by atoms with van der Waals surface area (Å²) >= 11 is 1.51. The maximum absolute atomic E-state index is 11.7. The fourth-order valence-corrected chi connectivity index (χ4v) is 1.52. The van der Waals surface area contributed by atoms with Crippen molar-refractivity contribution < 1.29 is 9.90 Å². The van der Waals surface area contributed by atoms with Gasteiger partial charge in [-0.25, -0.2) is 0 Å². The van der Waals surface area contributed by atoms with Gasteiger partial charge in [-0.3, -0.25) is 4.79 Å². The van der Waals surface area contributed by atoms with Gasteiger partial charge in [0.05, 0.1) is 11.9 Å². The zero-order valence-corrected chi connectivity index (χ0v) is 10.6. The Kier molecular flexibility index (Phi) is 4.83. The molecule has 2 N–H and O–H groups in total. The number of carbonyl (C=O) groups excluding carboxylic acids is 1. The summed E-state index contributed by atoms with van der Waals surface area (Å²) in [4.78, 5) is 11.7. The molecule has 0 spiro atoms. The van der Waals surface area contributed by atoms with Crippen LogP contribution >= 0.6 is 11.8 Å². The average molecular weight is 239 g/mol. The summed E-state index contributed by atoms with van der Waals surface area (Å²) in [5.74, 6) is -0.00862. The highest BCUT2D eigenvalue weighted by atomic mass is 32.2. The van der Waals surface area contributed by atoms with Gasteiger partial charge in [-0.1, -0.05) is 12.1 Å². The highest BCUT2D eigenvalue weighted by molar-refractivity contribution is 7.99. The van der Waals surface area contributed by atoms with E-state index in [4.69, 9.17) is 5.11 Å². The number of benzene rings is 1. The van der Waals surface area contributed by atoms with Crippen LogP contribution in [0.25, 0.3) is 0 Å². The minimum Gasteiger partial charge on any atom is -0.392 e. The first-order valence-corrected chi connectivity index (χ1v) is 6.41. The quantitative estimate of drug-likeness (QED) is 0.846. The highest BCUT2D eigenvalue weighted by Crippen LogP contribution is 2.18. The number of hydrogen-bond donors (Lipinski definition) is 2. The Labute approximate surface area is 100 Å². The van der Waals surface area contributed by atoms with E-state index in [0.29, 0.717) is 0 Å². The summed E-state index contributed by atoms with van der Waals surface area (Å²) in [6.45, 7) is 3.78. The van der Waals surface area contributed by atoms with Gasteiger partial charge >= 0.3 is 0 Å². The molecule has 1 unspecified atom stereocenters. The second-order valence-electron chi connectivity index (χ2n) is 3.67. The van der Waals surface area contributed by atoms with E-state index in [1.165, 1.54) is 11.8 Å². The summed E-state index contributed by atoms with van der Waals surface area (Å²) < 4.78 is 0. The summed E-state index contributed by atoms with van der Waals surface area (Å²) in [7, 11) is 0. The zero-order valence-electron chi connectivity index (χ0n) is 9.78. The lowest BCUT2D eigenvalue weighted by Gasteiger charge is -2.12. The van der Waals surface area contributed by atoms with Crippen molar-refractivity contribution in [2.45, 2.75) is 25.7 Å². The first-order chi connectivity index (χ1) is 7.58. The molecule has 0 bridgehead atoms. The molecule has 0 fully saturated rings. The van der Waals surface area contributed by atoms with Crippen molar-refractivity contribution in [1.29, 1.82) is 0 Å². The van der Waals surface area contributed by atoms with Crippen molar-refractivity contribution in [3.63, 3.8) is 0 Å². The van der Waals surface area contributed by atoms with E-state index in [-0.39, 0.29) is 17.8 Å². The van der Waals surface area contributed by atoms with E-state index in [0.717, 1.165) is 16.8 Å². The Hall–Kier alpha value is -1.00. The predicted octanol–water partition coefficient (Wildman–Crippen LogP) is 2.18. The Morgan fingerprint density at radius 2 is 2.25 bits per heavy atom. The Balaban J connectivity index is 2.83. The van der Waals surface area contributed by atoms with Crippen LogP contribution in [0.3, 0.4) is 0 Å². The number of anilines is 1. The van der Waals surface area contributed by atoms with E-state index in [1.54, 1.807) is 6.07 Å². The number of carbonyl (C=O) groups is 1. The van der Waals surface area contributed by atoms with Crippen LogP contribution in [-0.4, -0.2) is 22.5 Å². The number of thioether (sulfide) groups is 1. The van der Waals surface area contributed by atoms with Crippen molar-refractivity contribution in [3.05, 3.63) is 29.3 Å². The Morgan fingerprint density at radius 1 is 1.56 bits per heavy atom. The van der Waals surface area contributed by atoms with Crippen LogP contribution in [0, 0.1) is 6.92 Å². The van der Waals surface area contributed by atoms with Crippen molar-refractivity contribution in [3.8, 4) is 0 Å². The first-order valence-electron chi connectivity index (χ1n) is 5.12. The third kappa shape index (κ3) is 3.25. The van der Waals surface area contributed by atoms with Crippen molar-refractivity contribution in [1.82, 2.24) is 0 Å².